The van der Waals surface area contributed by atoms with E-state index in [-0.39, 0.29) is 5.60 Å². The molecule has 0 unspecified atom stereocenters. The number of rotatable bonds is 4. The second-order valence-corrected chi connectivity index (χ2v) is 2.76. The molecule has 0 heterocycles. The maximum absolute atomic E-state index is 5.03. The Kier molecular flexibility index (Phi) is 4.12. The monoisotopic (exact) mass is 144 g/mol. The quantitative estimate of drug-likeness (QED) is 0.343. The first-order valence-corrected chi connectivity index (χ1v) is 3.58. The zero-order valence-corrected chi connectivity index (χ0v) is 7.18. The van der Waals surface area contributed by atoms with Gasteiger partial charge < -0.3 is 4.89 Å². The number of hydrogen-bond donors (Lipinski definition) is 0. The van der Waals surface area contributed by atoms with Gasteiger partial charge in [-0.2, -0.15) is 4.89 Å². The second kappa shape index (κ2) is 4.34. The standard InChI is InChI=1S/C8H16O2/c1-5-7-9-10-8(3,4)6-2/h5,7H,6H2,1-4H3. The molecule has 0 aliphatic carbocycles. The topological polar surface area (TPSA) is 18.5 Å². The van der Waals surface area contributed by atoms with E-state index in [9.17, 15) is 0 Å². The Morgan fingerprint density at radius 1 is 1.40 bits per heavy atom. The van der Waals surface area contributed by atoms with Crippen molar-refractivity contribution in [1.82, 2.24) is 0 Å². The van der Waals surface area contributed by atoms with E-state index in [1.165, 1.54) is 6.26 Å². The average molecular weight is 144 g/mol. The molecule has 0 spiro atoms. The Balaban J connectivity index is 3.46. The van der Waals surface area contributed by atoms with E-state index in [1.54, 1.807) is 6.08 Å². The molecule has 0 amide bonds. The fourth-order valence-electron chi connectivity index (χ4n) is 0.273. The molecule has 0 aromatic carbocycles. The van der Waals surface area contributed by atoms with E-state index in [2.05, 4.69) is 6.92 Å². The van der Waals surface area contributed by atoms with Gasteiger partial charge in [0.05, 0.1) is 0 Å². The second-order valence-electron chi connectivity index (χ2n) is 2.76. The molecule has 10 heavy (non-hydrogen) atoms. The van der Waals surface area contributed by atoms with E-state index in [0.29, 0.717) is 0 Å². The van der Waals surface area contributed by atoms with Crippen LogP contribution in [0.15, 0.2) is 12.3 Å². The van der Waals surface area contributed by atoms with Crippen molar-refractivity contribution in [3.05, 3.63) is 12.3 Å². The molecule has 2 heteroatoms. The normalized spacial score (nSPS) is 12.4. The molecule has 2 nitrogen and oxygen atoms in total. The summed E-state index contributed by atoms with van der Waals surface area (Å²) >= 11 is 0. The highest BCUT2D eigenvalue weighted by Gasteiger charge is 2.16. The SMILES string of the molecule is CC=COOC(C)(C)CC. The summed E-state index contributed by atoms with van der Waals surface area (Å²) in [6, 6.07) is 0. The minimum atomic E-state index is -0.181. The van der Waals surface area contributed by atoms with Gasteiger partial charge in [-0.05, 0) is 33.3 Å². The smallest absolute Gasteiger partial charge is 0.125 e. The first kappa shape index (κ1) is 9.50. The summed E-state index contributed by atoms with van der Waals surface area (Å²) in [5.41, 5.74) is -0.181. The Labute approximate surface area is 62.8 Å². The number of allylic oxidation sites excluding steroid dienone is 1. The van der Waals surface area contributed by atoms with Crippen LogP contribution >= 0.6 is 0 Å². The van der Waals surface area contributed by atoms with Crippen LogP contribution in [0.5, 0.6) is 0 Å². The fraction of sp³-hybridized carbons (Fsp3) is 0.750. The molecule has 0 aliphatic heterocycles. The lowest BCUT2D eigenvalue weighted by Gasteiger charge is -2.19. The zero-order chi connectivity index (χ0) is 8.04. The summed E-state index contributed by atoms with van der Waals surface area (Å²) in [6.07, 6.45) is 4.24. The van der Waals surface area contributed by atoms with Crippen LogP contribution in [0.4, 0.5) is 0 Å². The first-order chi connectivity index (χ1) is 4.62. The highest BCUT2D eigenvalue weighted by atomic mass is 17.2. The van der Waals surface area contributed by atoms with Gasteiger partial charge in [-0.3, -0.25) is 0 Å². The van der Waals surface area contributed by atoms with Crippen molar-refractivity contribution in [3.63, 3.8) is 0 Å². The van der Waals surface area contributed by atoms with Crippen molar-refractivity contribution in [2.45, 2.75) is 39.7 Å². The van der Waals surface area contributed by atoms with Gasteiger partial charge in [0.1, 0.15) is 11.9 Å². The van der Waals surface area contributed by atoms with E-state index < -0.39 is 0 Å². The van der Waals surface area contributed by atoms with Crippen molar-refractivity contribution in [1.29, 1.82) is 0 Å². The van der Waals surface area contributed by atoms with E-state index in [0.717, 1.165) is 6.42 Å². The molecule has 0 saturated carbocycles. The highest BCUT2D eigenvalue weighted by Crippen LogP contribution is 2.13. The number of hydrogen-bond acceptors (Lipinski definition) is 2. The summed E-state index contributed by atoms with van der Waals surface area (Å²) in [7, 11) is 0. The molecule has 0 aromatic rings. The van der Waals surface area contributed by atoms with Crippen LogP contribution in [0.25, 0.3) is 0 Å². The lowest BCUT2D eigenvalue weighted by atomic mass is 10.1. The predicted octanol–water partition coefficient (Wildman–Crippen LogP) is 2.66. The Hall–Kier alpha value is -0.500. The van der Waals surface area contributed by atoms with Gasteiger partial charge in [0.15, 0.2) is 0 Å². The van der Waals surface area contributed by atoms with Gasteiger partial charge in [0, 0.05) is 0 Å². The first-order valence-electron chi connectivity index (χ1n) is 3.58. The molecular formula is C8H16O2. The average Bonchev–Trinajstić information content (AvgIpc) is 1.89. The third-order valence-corrected chi connectivity index (χ3v) is 1.32. The molecule has 0 radical (unpaired) electrons. The van der Waals surface area contributed by atoms with E-state index >= 15 is 0 Å². The van der Waals surface area contributed by atoms with Gasteiger partial charge in [0.2, 0.25) is 0 Å². The summed E-state index contributed by atoms with van der Waals surface area (Å²) in [6.45, 7) is 7.90. The molecule has 0 N–H and O–H groups in total. The van der Waals surface area contributed by atoms with Gasteiger partial charge >= 0.3 is 0 Å². The van der Waals surface area contributed by atoms with Gasteiger partial charge in [-0.15, -0.1) is 0 Å². The van der Waals surface area contributed by atoms with Crippen LogP contribution in [-0.4, -0.2) is 5.60 Å². The van der Waals surface area contributed by atoms with Crippen LogP contribution in [0.2, 0.25) is 0 Å². The highest BCUT2D eigenvalue weighted by molar-refractivity contribution is 4.65. The molecule has 0 fully saturated rings. The molecule has 0 aliphatic rings. The Morgan fingerprint density at radius 2 is 2.00 bits per heavy atom. The molecule has 0 atom stereocenters. The van der Waals surface area contributed by atoms with Crippen LogP contribution in [0.1, 0.15) is 34.1 Å². The molecule has 0 saturated heterocycles. The predicted molar refractivity (Wildman–Crippen MR) is 41.4 cm³/mol. The Bertz CT molecular complexity index is 106. The van der Waals surface area contributed by atoms with Crippen LogP contribution in [0.3, 0.4) is 0 Å². The zero-order valence-electron chi connectivity index (χ0n) is 7.18. The lowest BCUT2D eigenvalue weighted by molar-refractivity contribution is -0.316. The third-order valence-electron chi connectivity index (χ3n) is 1.32. The largest absolute Gasteiger partial charge is 0.345 e. The fourth-order valence-corrected chi connectivity index (χ4v) is 0.273. The van der Waals surface area contributed by atoms with Gasteiger partial charge in [0.25, 0.3) is 0 Å². The molecule has 0 aromatic heterocycles. The molecule has 0 bridgehead atoms. The maximum atomic E-state index is 5.03. The van der Waals surface area contributed by atoms with Crippen LogP contribution in [-0.2, 0) is 9.78 Å². The van der Waals surface area contributed by atoms with Crippen molar-refractivity contribution in [2.24, 2.45) is 0 Å². The minimum Gasteiger partial charge on any atom is -0.345 e. The van der Waals surface area contributed by atoms with Crippen molar-refractivity contribution in [3.8, 4) is 0 Å². The summed E-state index contributed by atoms with van der Waals surface area (Å²) in [5, 5.41) is 0. The molecule has 60 valence electrons. The van der Waals surface area contributed by atoms with Crippen molar-refractivity contribution < 1.29 is 9.78 Å². The molecule has 0 rings (SSSR count). The van der Waals surface area contributed by atoms with Crippen LogP contribution < -0.4 is 0 Å². The minimum absolute atomic E-state index is 0.181. The Morgan fingerprint density at radius 3 is 2.40 bits per heavy atom. The van der Waals surface area contributed by atoms with Crippen molar-refractivity contribution >= 4 is 0 Å². The summed E-state index contributed by atoms with van der Waals surface area (Å²) in [4.78, 5) is 9.79. The maximum Gasteiger partial charge on any atom is 0.125 e. The molecular weight excluding hydrogens is 128 g/mol. The summed E-state index contributed by atoms with van der Waals surface area (Å²) in [5.74, 6) is 0. The van der Waals surface area contributed by atoms with Crippen LogP contribution in [0, 0.1) is 0 Å². The van der Waals surface area contributed by atoms with E-state index in [1.807, 2.05) is 20.8 Å². The van der Waals surface area contributed by atoms with Crippen molar-refractivity contribution in [2.75, 3.05) is 0 Å². The lowest BCUT2D eigenvalue weighted by Crippen LogP contribution is -2.21. The van der Waals surface area contributed by atoms with Gasteiger partial charge in [-0.1, -0.05) is 6.92 Å². The van der Waals surface area contributed by atoms with Gasteiger partial charge in [-0.25, -0.2) is 0 Å². The summed E-state index contributed by atoms with van der Waals surface area (Å²) < 4.78 is 0. The van der Waals surface area contributed by atoms with E-state index in [4.69, 9.17) is 9.78 Å². The third kappa shape index (κ3) is 4.39.